The van der Waals surface area contributed by atoms with Crippen molar-refractivity contribution in [3.05, 3.63) is 58.4 Å². The lowest BCUT2D eigenvalue weighted by atomic mass is 10.0. The summed E-state index contributed by atoms with van der Waals surface area (Å²) in [6, 6.07) is 7.05. The van der Waals surface area contributed by atoms with Gasteiger partial charge in [0, 0.05) is 11.6 Å². The van der Waals surface area contributed by atoms with Crippen molar-refractivity contribution in [1.82, 2.24) is 0 Å². The zero-order valence-corrected chi connectivity index (χ0v) is 9.78. The first-order valence-electron chi connectivity index (χ1n) is 5.01. The van der Waals surface area contributed by atoms with Crippen molar-refractivity contribution in [1.29, 1.82) is 0 Å². The molecule has 0 aliphatic rings. The Morgan fingerprint density at radius 2 is 1.67 bits per heavy atom. The molecule has 2 N–H and O–H groups in total. The molecule has 92 valence electrons. The minimum atomic E-state index is -0.505. The van der Waals surface area contributed by atoms with E-state index in [9.17, 15) is 19.4 Å². The average molecular weight is 267 g/mol. The summed E-state index contributed by atoms with van der Waals surface area (Å²) in [4.78, 5) is 12.0. The smallest absolute Gasteiger partial charge is 0.196 e. The maximum absolute atomic E-state index is 12.7. The molecule has 0 bridgehead atoms. The molecular formula is C13H8ClFO3. The minimum Gasteiger partial charge on any atom is -0.507 e. The van der Waals surface area contributed by atoms with Crippen molar-refractivity contribution >= 4 is 17.4 Å². The van der Waals surface area contributed by atoms with Crippen LogP contribution in [-0.2, 0) is 0 Å². The molecule has 0 unspecified atom stereocenters. The van der Waals surface area contributed by atoms with Crippen LogP contribution in [0, 0.1) is 5.82 Å². The van der Waals surface area contributed by atoms with Crippen molar-refractivity contribution in [2.45, 2.75) is 0 Å². The van der Waals surface area contributed by atoms with Gasteiger partial charge in [-0.25, -0.2) is 4.39 Å². The largest absolute Gasteiger partial charge is 0.507 e. The third-order valence-electron chi connectivity index (χ3n) is 2.42. The van der Waals surface area contributed by atoms with Crippen LogP contribution in [0.15, 0.2) is 36.4 Å². The van der Waals surface area contributed by atoms with E-state index in [0.717, 1.165) is 24.3 Å². The fourth-order valence-electron chi connectivity index (χ4n) is 1.49. The molecule has 0 atom stereocenters. The predicted molar refractivity (Wildman–Crippen MR) is 64.6 cm³/mol. The number of benzene rings is 2. The van der Waals surface area contributed by atoms with Crippen molar-refractivity contribution < 1.29 is 19.4 Å². The second-order valence-electron chi connectivity index (χ2n) is 3.66. The molecular weight excluding hydrogens is 259 g/mol. The number of halogens is 2. The van der Waals surface area contributed by atoms with Gasteiger partial charge in [0.05, 0.1) is 10.6 Å². The maximum Gasteiger partial charge on any atom is 0.196 e. The molecule has 0 radical (unpaired) electrons. The highest BCUT2D eigenvalue weighted by molar-refractivity contribution is 6.32. The normalized spacial score (nSPS) is 10.3. The second-order valence-corrected chi connectivity index (χ2v) is 4.06. The number of aromatic hydroxyl groups is 2. The van der Waals surface area contributed by atoms with E-state index in [4.69, 9.17) is 11.6 Å². The molecule has 3 nitrogen and oxygen atoms in total. The van der Waals surface area contributed by atoms with Crippen LogP contribution in [0.1, 0.15) is 15.9 Å². The summed E-state index contributed by atoms with van der Waals surface area (Å²) in [6.07, 6.45) is 0. The summed E-state index contributed by atoms with van der Waals surface area (Å²) < 4.78 is 12.7. The molecule has 2 aromatic rings. The Balaban J connectivity index is 2.46. The van der Waals surface area contributed by atoms with Gasteiger partial charge in [-0.05, 0) is 30.3 Å². The lowest BCUT2D eigenvalue weighted by Crippen LogP contribution is -2.01. The summed E-state index contributed by atoms with van der Waals surface area (Å²) >= 11 is 5.67. The Hall–Kier alpha value is -2.07. The van der Waals surface area contributed by atoms with E-state index >= 15 is 0 Å². The maximum atomic E-state index is 12.7. The Morgan fingerprint density at radius 1 is 1.06 bits per heavy atom. The zero-order chi connectivity index (χ0) is 13.3. The van der Waals surface area contributed by atoms with Crippen LogP contribution in [0.2, 0.25) is 5.02 Å². The van der Waals surface area contributed by atoms with Gasteiger partial charge in [-0.15, -0.1) is 0 Å². The van der Waals surface area contributed by atoms with E-state index in [-0.39, 0.29) is 27.6 Å². The molecule has 5 heteroatoms. The van der Waals surface area contributed by atoms with E-state index in [1.807, 2.05) is 0 Å². The molecule has 2 aromatic carbocycles. The van der Waals surface area contributed by atoms with Gasteiger partial charge in [0.1, 0.15) is 17.3 Å². The summed E-state index contributed by atoms with van der Waals surface area (Å²) in [5, 5.41) is 18.8. The van der Waals surface area contributed by atoms with Crippen molar-refractivity contribution in [3.63, 3.8) is 0 Å². The first kappa shape index (κ1) is 12.4. The molecule has 18 heavy (non-hydrogen) atoms. The third-order valence-corrected chi connectivity index (χ3v) is 2.72. The molecule has 0 amide bonds. The van der Waals surface area contributed by atoms with Crippen molar-refractivity contribution in [2.75, 3.05) is 0 Å². The van der Waals surface area contributed by atoms with E-state index in [2.05, 4.69) is 0 Å². The monoisotopic (exact) mass is 266 g/mol. The number of phenols is 2. The SMILES string of the molecule is O=C(c1ccc(F)cc1)c1cc(Cl)c(O)cc1O. The van der Waals surface area contributed by atoms with Gasteiger partial charge in [-0.1, -0.05) is 11.6 Å². The molecule has 0 spiro atoms. The van der Waals surface area contributed by atoms with E-state index in [0.29, 0.717) is 0 Å². The number of hydrogen-bond donors (Lipinski definition) is 2. The van der Waals surface area contributed by atoms with Gasteiger partial charge in [0.25, 0.3) is 0 Å². The Kier molecular flexibility index (Phi) is 3.21. The Morgan fingerprint density at radius 3 is 2.28 bits per heavy atom. The lowest BCUT2D eigenvalue weighted by Gasteiger charge is -2.06. The van der Waals surface area contributed by atoms with Gasteiger partial charge in [0.2, 0.25) is 0 Å². The number of carbonyl (C=O) groups is 1. The minimum absolute atomic E-state index is 0.0433. The number of hydrogen-bond acceptors (Lipinski definition) is 3. The van der Waals surface area contributed by atoms with Crippen molar-refractivity contribution in [2.24, 2.45) is 0 Å². The molecule has 0 aliphatic carbocycles. The van der Waals surface area contributed by atoms with E-state index in [1.54, 1.807) is 0 Å². The number of carbonyl (C=O) groups excluding carboxylic acids is 1. The number of rotatable bonds is 2. The first-order chi connectivity index (χ1) is 8.49. The molecule has 0 aromatic heterocycles. The fourth-order valence-corrected chi connectivity index (χ4v) is 1.65. The molecule has 0 aliphatic heterocycles. The number of phenolic OH excluding ortho intramolecular Hbond substituents is 2. The van der Waals surface area contributed by atoms with Crippen LogP contribution in [0.25, 0.3) is 0 Å². The van der Waals surface area contributed by atoms with Crippen molar-refractivity contribution in [3.8, 4) is 11.5 Å². The van der Waals surface area contributed by atoms with Crippen LogP contribution in [0.5, 0.6) is 11.5 Å². The van der Waals surface area contributed by atoms with Gasteiger partial charge >= 0.3 is 0 Å². The fraction of sp³-hybridized carbons (Fsp3) is 0. The van der Waals surface area contributed by atoms with Crippen LogP contribution in [0.4, 0.5) is 4.39 Å². The highest BCUT2D eigenvalue weighted by Gasteiger charge is 2.16. The van der Waals surface area contributed by atoms with E-state index < -0.39 is 11.6 Å². The molecule has 0 saturated heterocycles. The highest BCUT2D eigenvalue weighted by Crippen LogP contribution is 2.32. The van der Waals surface area contributed by atoms with Gasteiger partial charge in [0.15, 0.2) is 5.78 Å². The third kappa shape index (κ3) is 2.28. The average Bonchev–Trinajstić information content (AvgIpc) is 2.34. The van der Waals surface area contributed by atoms with Crippen LogP contribution >= 0.6 is 11.6 Å². The summed E-state index contributed by atoms with van der Waals surface area (Å²) in [5.74, 6) is -1.66. The summed E-state index contributed by atoms with van der Waals surface area (Å²) in [5.41, 5.74) is 0.165. The zero-order valence-electron chi connectivity index (χ0n) is 9.02. The van der Waals surface area contributed by atoms with Gasteiger partial charge in [-0.2, -0.15) is 0 Å². The van der Waals surface area contributed by atoms with Gasteiger partial charge in [-0.3, -0.25) is 4.79 Å². The standard InChI is InChI=1S/C13H8ClFO3/c14-10-5-9(11(16)6-12(10)17)13(18)7-1-3-8(15)4-2-7/h1-6,16-17H. The van der Waals surface area contributed by atoms with E-state index in [1.165, 1.54) is 12.1 Å². The second kappa shape index (κ2) is 4.66. The first-order valence-corrected chi connectivity index (χ1v) is 5.38. The molecule has 0 heterocycles. The number of ketones is 1. The predicted octanol–water partition coefficient (Wildman–Crippen LogP) is 3.12. The summed E-state index contributed by atoms with van der Waals surface area (Å²) in [7, 11) is 0. The van der Waals surface area contributed by atoms with Crippen LogP contribution in [0.3, 0.4) is 0 Å². The lowest BCUT2D eigenvalue weighted by molar-refractivity contribution is 0.103. The Bertz CT molecular complexity index is 608. The Labute approximate surface area is 107 Å². The quantitative estimate of drug-likeness (QED) is 0.821. The molecule has 0 fully saturated rings. The summed E-state index contributed by atoms with van der Waals surface area (Å²) in [6.45, 7) is 0. The van der Waals surface area contributed by atoms with Crippen LogP contribution < -0.4 is 0 Å². The highest BCUT2D eigenvalue weighted by atomic mass is 35.5. The van der Waals surface area contributed by atoms with Crippen LogP contribution in [-0.4, -0.2) is 16.0 Å². The molecule has 2 rings (SSSR count). The molecule has 0 saturated carbocycles. The topological polar surface area (TPSA) is 57.5 Å². The van der Waals surface area contributed by atoms with Gasteiger partial charge < -0.3 is 10.2 Å².